The first kappa shape index (κ1) is 20.1. The minimum absolute atomic E-state index is 0.0849. The fourth-order valence-corrected chi connectivity index (χ4v) is 4.35. The van der Waals surface area contributed by atoms with Gasteiger partial charge in [0.15, 0.2) is 0 Å². The highest BCUT2D eigenvalue weighted by Gasteiger charge is 2.33. The Hall–Kier alpha value is -2.60. The fourth-order valence-electron chi connectivity index (χ4n) is 3.50. The molecule has 1 aliphatic rings. The SMILES string of the molecule is CC(CSC(=O)c1ccccc1)C(=O)N(CC(=O)O)C1Cc2ccccc2C1. The van der Waals surface area contributed by atoms with Gasteiger partial charge in [-0.15, -0.1) is 0 Å². The van der Waals surface area contributed by atoms with Gasteiger partial charge in [-0.2, -0.15) is 0 Å². The molecule has 1 amide bonds. The van der Waals surface area contributed by atoms with Crippen molar-refractivity contribution in [3.05, 3.63) is 71.3 Å². The minimum Gasteiger partial charge on any atom is -0.480 e. The van der Waals surface area contributed by atoms with Crippen molar-refractivity contribution in [2.45, 2.75) is 25.8 Å². The van der Waals surface area contributed by atoms with Crippen LogP contribution in [0.4, 0.5) is 0 Å². The number of nitrogens with zero attached hydrogens (tertiary/aromatic N) is 1. The largest absolute Gasteiger partial charge is 0.480 e. The van der Waals surface area contributed by atoms with Crippen LogP contribution in [0.2, 0.25) is 0 Å². The smallest absolute Gasteiger partial charge is 0.323 e. The summed E-state index contributed by atoms with van der Waals surface area (Å²) in [5.41, 5.74) is 2.93. The van der Waals surface area contributed by atoms with Crippen LogP contribution in [0.15, 0.2) is 54.6 Å². The third-order valence-corrected chi connectivity index (χ3v) is 6.12. The van der Waals surface area contributed by atoms with Gasteiger partial charge in [-0.3, -0.25) is 14.4 Å². The normalized spacial score (nSPS) is 14.3. The molecule has 146 valence electrons. The summed E-state index contributed by atoms with van der Waals surface area (Å²) < 4.78 is 0. The summed E-state index contributed by atoms with van der Waals surface area (Å²) in [4.78, 5) is 38.1. The molecular weight excluding hydrogens is 374 g/mol. The van der Waals surface area contributed by atoms with Gasteiger partial charge in [0, 0.05) is 23.3 Å². The highest BCUT2D eigenvalue weighted by atomic mass is 32.2. The zero-order chi connectivity index (χ0) is 20.1. The van der Waals surface area contributed by atoms with Crippen LogP contribution in [-0.2, 0) is 22.4 Å². The third kappa shape index (κ3) is 4.81. The highest BCUT2D eigenvalue weighted by Crippen LogP contribution is 2.27. The standard InChI is InChI=1S/C22H23NO4S/c1-15(14-28-22(27)16-7-3-2-4-8-16)21(26)23(13-20(24)25)19-11-17-9-5-6-10-18(17)12-19/h2-10,15,19H,11-14H2,1H3,(H,24,25). The van der Waals surface area contributed by atoms with Crippen molar-refractivity contribution in [2.75, 3.05) is 12.3 Å². The maximum absolute atomic E-state index is 13.0. The second-order valence-electron chi connectivity index (χ2n) is 7.06. The van der Waals surface area contributed by atoms with Crippen LogP contribution < -0.4 is 0 Å². The number of amides is 1. The van der Waals surface area contributed by atoms with E-state index in [0.717, 1.165) is 22.9 Å². The van der Waals surface area contributed by atoms with E-state index >= 15 is 0 Å². The van der Waals surface area contributed by atoms with Gasteiger partial charge in [-0.1, -0.05) is 73.3 Å². The molecule has 3 rings (SSSR count). The molecule has 0 spiro atoms. The van der Waals surface area contributed by atoms with Gasteiger partial charge < -0.3 is 10.0 Å². The monoisotopic (exact) mass is 397 g/mol. The van der Waals surface area contributed by atoms with Gasteiger partial charge in [-0.05, 0) is 24.0 Å². The molecule has 0 bridgehead atoms. The van der Waals surface area contributed by atoms with Crippen molar-refractivity contribution >= 4 is 28.8 Å². The Labute approximate surface area is 168 Å². The number of carboxylic acid groups (broad SMARTS) is 1. The van der Waals surface area contributed by atoms with Gasteiger partial charge in [0.1, 0.15) is 6.54 Å². The molecule has 1 aliphatic carbocycles. The number of thioether (sulfide) groups is 1. The molecule has 0 saturated heterocycles. The van der Waals surface area contributed by atoms with Crippen molar-refractivity contribution in [1.29, 1.82) is 0 Å². The molecule has 28 heavy (non-hydrogen) atoms. The van der Waals surface area contributed by atoms with Crippen molar-refractivity contribution in [3.63, 3.8) is 0 Å². The average Bonchev–Trinajstić information content (AvgIpc) is 3.13. The predicted molar refractivity (Wildman–Crippen MR) is 109 cm³/mol. The van der Waals surface area contributed by atoms with Crippen molar-refractivity contribution < 1.29 is 19.5 Å². The Morgan fingerprint density at radius 2 is 1.61 bits per heavy atom. The van der Waals surface area contributed by atoms with E-state index in [4.69, 9.17) is 0 Å². The maximum atomic E-state index is 13.0. The molecule has 0 heterocycles. The third-order valence-electron chi connectivity index (χ3n) is 4.95. The molecule has 2 aromatic carbocycles. The van der Waals surface area contributed by atoms with E-state index in [1.807, 2.05) is 30.3 Å². The van der Waals surface area contributed by atoms with Crippen LogP contribution in [0.1, 0.15) is 28.4 Å². The number of aliphatic carboxylic acids is 1. The average molecular weight is 397 g/mol. The van der Waals surface area contributed by atoms with Gasteiger partial charge in [0.25, 0.3) is 0 Å². The summed E-state index contributed by atoms with van der Waals surface area (Å²) in [6, 6.07) is 16.7. The van der Waals surface area contributed by atoms with Crippen LogP contribution in [0.25, 0.3) is 0 Å². The Morgan fingerprint density at radius 1 is 1.04 bits per heavy atom. The van der Waals surface area contributed by atoms with E-state index < -0.39 is 11.9 Å². The first-order chi connectivity index (χ1) is 13.5. The molecular formula is C22H23NO4S. The quantitative estimate of drug-likeness (QED) is 0.776. The lowest BCUT2D eigenvalue weighted by Crippen LogP contribution is -2.46. The second-order valence-corrected chi connectivity index (χ2v) is 8.05. The summed E-state index contributed by atoms with van der Waals surface area (Å²) in [6.45, 7) is 1.43. The van der Waals surface area contributed by atoms with E-state index in [9.17, 15) is 19.5 Å². The van der Waals surface area contributed by atoms with Crippen LogP contribution in [0.3, 0.4) is 0 Å². The molecule has 0 saturated carbocycles. The summed E-state index contributed by atoms with van der Waals surface area (Å²) in [5.74, 6) is -1.36. The molecule has 1 atom stereocenters. The molecule has 0 fully saturated rings. The maximum Gasteiger partial charge on any atom is 0.323 e. The molecule has 0 radical (unpaired) electrons. The molecule has 6 heteroatoms. The summed E-state index contributed by atoms with van der Waals surface area (Å²) in [6.07, 6.45) is 1.33. The van der Waals surface area contributed by atoms with E-state index in [1.165, 1.54) is 4.90 Å². The molecule has 2 aromatic rings. The first-order valence-corrected chi connectivity index (χ1v) is 10.3. The summed E-state index contributed by atoms with van der Waals surface area (Å²) in [5, 5.41) is 9.22. The molecule has 1 unspecified atom stereocenters. The molecule has 0 aromatic heterocycles. The first-order valence-electron chi connectivity index (χ1n) is 9.27. The number of carbonyl (C=O) groups excluding carboxylic acids is 2. The van der Waals surface area contributed by atoms with Gasteiger partial charge in [0.2, 0.25) is 11.0 Å². The second kappa shape index (κ2) is 9.06. The lowest BCUT2D eigenvalue weighted by atomic mass is 10.1. The van der Waals surface area contributed by atoms with Crippen LogP contribution >= 0.6 is 11.8 Å². The lowest BCUT2D eigenvalue weighted by molar-refractivity contribution is -0.147. The van der Waals surface area contributed by atoms with Gasteiger partial charge >= 0.3 is 5.97 Å². The molecule has 1 N–H and O–H groups in total. The molecule has 0 aliphatic heterocycles. The number of hydrogen-bond acceptors (Lipinski definition) is 4. The number of fused-ring (bicyclic) bond motifs is 1. The van der Waals surface area contributed by atoms with Crippen LogP contribution in [0.5, 0.6) is 0 Å². The zero-order valence-corrected chi connectivity index (χ0v) is 16.5. The number of rotatable bonds is 7. The van der Waals surface area contributed by atoms with E-state index in [-0.39, 0.29) is 23.6 Å². The summed E-state index contributed by atoms with van der Waals surface area (Å²) >= 11 is 1.10. The minimum atomic E-state index is -1.02. The Bertz CT molecular complexity index is 843. The highest BCUT2D eigenvalue weighted by molar-refractivity contribution is 8.14. The van der Waals surface area contributed by atoms with Crippen LogP contribution in [-0.4, -0.2) is 45.3 Å². The lowest BCUT2D eigenvalue weighted by Gasteiger charge is -2.30. The van der Waals surface area contributed by atoms with Crippen molar-refractivity contribution in [2.24, 2.45) is 5.92 Å². The van der Waals surface area contributed by atoms with E-state index in [1.54, 1.807) is 31.2 Å². The Morgan fingerprint density at radius 3 is 2.18 bits per heavy atom. The number of hydrogen-bond donors (Lipinski definition) is 1. The Balaban J connectivity index is 1.64. The zero-order valence-electron chi connectivity index (χ0n) is 15.7. The van der Waals surface area contributed by atoms with E-state index in [2.05, 4.69) is 0 Å². The van der Waals surface area contributed by atoms with E-state index in [0.29, 0.717) is 24.2 Å². The number of carbonyl (C=O) groups is 3. The summed E-state index contributed by atoms with van der Waals surface area (Å²) in [7, 11) is 0. The molecule has 5 nitrogen and oxygen atoms in total. The van der Waals surface area contributed by atoms with Crippen molar-refractivity contribution in [1.82, 2.24) is 4.90 Å². The Kier molecular flexibility index (Phi) is 6.52. The van der Waals surface area contributed by atoms with Crippen molar-refractivity contribution in [3.8, 4) is 0 Å². The van der Waals surface area contributed by atoms with Gasteiger partial charge in [-0.25, -0.2) is 0 Å². The number of benzene rings is 2. The number of carboxylic acids is 1. The van der Waals surface area contributed by atoms with Gasteiger partial charge in [0.05, 0.1) is 0 Å². The van der Waals surface area contributed by atoms with Crippen LogP contribution in [0, 0.1) is 5.92 Å². The fraction of sp³-hybridized carbons (Fsp3) is 0.318. The predicted octanol–water partition coefficient (Wildman–Crippen LogP) is 3.28. The topological polar surface area (TPSA) is 74.7 Å².